The van der Waals surface area contributed by atoms with Crippen LogP contribution in [0.15, 0.2) is 47.4 Å². The van der Waals surface area contributed by atoms with Gasteiger partial charge in [0.1, 0.15) is 4.90 Å². The van der Waals surface area contributed by atoms with Crippen LogP contribution in [-0.2, 0) is 16.6 Å². The lowest BCUT2D eigenvalue weighted by Gasteiger charge is -2.10. The van der Waals surface area contributed by atoms with E-state index >= 15 is 0 Å². The third-order valence-corrected chi connectivity index (χ3v) is 4.56. The Morgan fingerprint density at radius 3 is 2.40 bits per heavy atom. The lowest BCUT2D eigenvalue weighted by molar-refractivity contribution is 0.581. The topological polar surface area (TPSA) is 72.2 Å². The maximum atomic E-state index is 12.2. The number of halogens is 1. The molecule has 0 radical (unpaired) electrons. The number of rotatable bonds is 4. The average molecular weight is 311 g/mol. The fourth-order valence-electron chi connectivity index (χ4n) is 1.77. The summed E-state index contributed by atoms with van der Waals surface area (Å²) < 4.78 is 26.9. The van der Waals surface area contributed by atoms with Gasteiger partial charge < -0.3 is 5.73 Å². The van der Waals surface area contributed by atoms with Gasteiger partial charge in [0.15, 0.2) is 0 Å². The van der Waals surface area contributed by atoms with Crippen LogP contribution in [0.1, 0.15) is 11.1 Å². The molecule has 0 spiro atoms. The molecule has 0 aliphatic rings. The molecule has 4 nitrogen and oxygen atoms in total. The highest BCUT2D eigenvalue weighted by molar-refractivity contribution is 7.89. The highest BCUT2D eigenvalue weighted by Crippen LogP contribution is 2.19. The SMILES string of the molecule is Cc1ccc(S(=O)(=O)NCc2ccc(Cl)cc2)c(N)c1. The zero-order chi connectivity index (χ0) is 14.8. The van der Waals surface area contributed by atoms with Crippen molar-refractivity contribution in [2.24, 2.45) is 0 Å². The van der Waals surface area contributed by atoms with Crippen molar-refractivity contribution in [3.05, 3.63) is 58.6 Å². The van der Waals surface area contributed by atoms with Gasteiger partial charge in [0, 0.05) is 11.6 Å². The molecule has 0 aliphatic carbocycles. The Balaban J connectivity index is 2.17. The molecule has 2 aromatic carbocycles. The third-order valence-electron chi connectivity index (χ3n) is 2.83. The van der Waals surface area contributed by atoms with Crippen LogP contribution in [0.4, 0.5) is 5.69 Å². The number of nitrogens with two attached hydrogens (primary N) is 1. The van der Waals surface area contributed by atoms with Crippen molar-refractivity contribution in [2.45, 2.75) is 18.4 Å². The first-order valence-corrected chi connectivity index (χ1v) is 7.85. The summed E-state index contributed by atoms with van der Waals surface area (Å²) in [5.74, 6) is 0. The maximum absolute atomic E-state index is 12.2. The summed E-state index contributed by atoms with van der Waals surface area (Å²) in [6, 6.07) is 11.8. The van der Waals surface area contributed by atoms with Crippen LogP contribution in [0, 0.1) is 6.92 Å². The van der Waals surface area contributed by atoms with Crippen LogP contribution in [-0.4, -0.2) is 8.42 Å². The number of sulfonamides is 1. The first-order valence-electron chi connectivity index (χ1n) is 5.99. The van der Waals surface area contributed by atoms with Crippen molar-refractivity contribution >= 4 is 27.3 Å². The van der Waals surface area contributed by atoms with Gasteiger partial charge in [-0.15, -0.1) is 0 Å². The average Bonchev–Trinajstić information content (AvgIpc) is 2.37. The molecule has 0 unspecified atom stereocenters. The summed E-state index contributed by atoms with van der Waals surface area (Å²) in [5, 5.41) is 0.611. The lowest BCUT2D eigenvalue weighted by atomic mass is 10.2. The molecule has 20 heavy (non-hydrogen) atoms. The molecule has 6 heteroatoms. The number of nitrogens with one attached hydrogen (secondary N) is 1. The smallest absolute Gasteiger partial charge is 0.242 e. The summed E-state index contributed by atoms with van der Waals surface area (Å²) in [6.45, 7) is 2.04. The molecule has 0 aliphatic heterocycles. The van der Waals surface area contributed by atoms with E-state index in [2.05, 4.69) is 4.72 Å². The minimum atomic E-state index is -3.62. The van der Waals surface area contributed by atoms with Crippen molar-refractivity contribution in [2.75, 3.05) is 5.73 Å². The molecule has 106 valence electrons. The molecule has 0 heterocycles. The summed E-state index contributed by atoms with van der Waals surface area (Å²) in [5.41, 5.74) is 7.74. The van der Waals surface area contributed by atoms with Crippen molar-refractivity contribution in [3.8, 4) is 0 Å². The van der Waals surface area contributed by atoms with Gasteiger partial charge >= 0.3 is 0 Å². The van der Waals surface area contributed by atoms with Gasteiger partial charge in [0.05, 0.1) is 5.69 Å². The molecular formula is C14H15ClN2O2S. The maximum Gasteiger partial charge on any atom is 0.242 e. The summed E-state index contributed by atoms with van der Waals surface area (Å²) in [6.07, 6.45) is 0. The molecule has 0 atom stereocenters. The molecule has 2 aromatic rings. The van der Waals surface area contributed by atoms with Crippen molar-refractivity contribution in [1.29, 1.82) is 0 Å². The molecule has 0 saturated carbocycles. The van der Waals surface area contributed by atoms with Gasteiger partial charge in [-0.05, 0) is 42.3 Å². The second-order valence-electron chi connectivity index (χ2n) is 4.49. The summed E-state index contributed by atoms with van der Waals surface area (Å²) in [7, 11) is -3.62. The molecule has 0 bridgehead atoms. The molecule has 2 rings (SSSR count). The Kier molecular flexibility index (Phi) is 4.32. The van der Waals surface area contributed by atoms with E-state index in [-0.39, 0.29) is 17.1 Å². The molecule has 0 fully saturated rings. The van der Waals surface area contributed by atoms with Crippen LogP contribution in [0.2, 0.25) is 5.02 Å². The van der Waals surface area contributed by atoms with E-state index in [1.807, 2.05) is 6.92 Å². The number of nitrogen functional groups attached to an aromatic ring is 1. The minimum Gasteiger partial charge on any atom is -0.398 e. The van der Waals surface area contributed by atoms with Crippen LogP contribution in [0.5, 0.6) is 0 Å². The monoisotopic (exact) mass is 310 g/mol. The quantitative estimate of drug-likeness (QED) is 0.853. The van der Waals surface area contributed by atoms with Crippen molar-refractivity contribution in [1.82, 2.24) is 4.72 Å². The molecule has 0 aromatic heterocycles. The second kappa shape index (κ2) is 5.83. The Hall–Kier alpha value is -1.56. The van der Waals surface area contributed by atoms with E-state index in [0.717, 1.165) is 11.1 Å². The highest BCUT2D eigenvalue weighted by atomic mass is 35.5. The van der Waals surface area contributed by atoms with Gasteiger partial charge in [-0.1, -0.05) is 29.8 Å². The zero-order valence-corrected chi connectivity index (χ0v) is 12.5. The van der Waals surface area contributed by atoms with Gasteiger partial charge in [-0.3, -0.25) is 0 Å². The number of benzene rings is 2. The first-order chi connectivity index (χ1) is 9.38. The number of anilines is 1. The van der Waals surface area contributed by atoms with E-state index in [9.17, 15) is 8.42 Å². The summed E-state index contributed by atoms with van der Waals surface area (Å²) >= 11 is 5.78. The fourth-order valence-corrected chi connectivity index (χ4v) is 3.03. The van der Waals surface area contributed by atoms with Crippen LogP contribution in [0.25, 0.3) is 0 Å². The molecule has 0 amide bonds. The zero-order valence-electron chi connectivity index (χ0n) is 10.9. The van der Waals surface area contributed by atoms with E-state index in [1.54, 1.807) is 36.4 Å². The third kappa shape index (κ3) is 3.50. The number of hydrogen-bond acceptors (Lipinski definition) is 3. The van der Waals surface area contributed by atoms with Crippen molar-refractivity contribution in [3.63, 3.8) is 0 Å². The van der Waals surface area contributed by atoms with Crippen LogP contribution in [0.3, 0.4) is 0 Å². The normalized spacial score (nSPS) is 11.5. The van der Waals surface area contributed by atoms with Gasteiger partial charge in [0.2, 0.25) is 10.0 Å². The first kappa shape index (κ1) is 14.8. The van der Waals surface area contributed by atoms with Gasteiger partial charge in [0.25, 0.3) is 0 Å². The predicted octanol–water partition coefficient (Wildman–Crippen LogP) is 2.71. The Labute approximate surface area is 123 Å². The van der Waals surface area contributed by atoms with E-state index in [1.165, 1.54) is 6.07 Å². The largest absolute Gasteiger partial charge is 0.398 e. The second-order valence-corrected chi connectivity index (χ2v) is 6.66. The molecule has 3 N–H and O–H groups in total. The number of hydrogen-bond donors (Lipinski definition) is 2. The summed E-state index contributed by atoms with van der Waals surface area (Å²) in [4.78, 5) is 0.0945. The Morgan fingerprint density at radius 2 is 1.80 bits per heavy atom. The van der Waals surface area contributed by atoms with E-state index in [4.69, 9.17) is 17.3 Å². The highest BCUT2D eigenvalue weighted by Gasteiger charge is 2.16. The molecular weight excluding hydrogens is 296 g/mol. The predicted molar refractivity (Wildman–Crippen MR) is 81.1 cm³/mol. The standard InChI is InChI=1S/C14H15ClN2O2S/c1-10-2-7-14(13(16)8-10)20(18,19)17-9-11-3-5-12(15)6-4-11/h2-8,17H,9,16H2,1H3. The van der Waals surface area contributed by atoms with Crippen LogP contribution < -0.4 is 10.5 Å². The van der Waals surface area contributed by atoms with Crippen molar-refractivity contribution < 1.29 is 8.42 Å². The Morgan fingerprint density at radius 1 is 1.15 bits per heavy atom. The Bertz CT molecular complexity index is 712. The minimum absolute atomic E-state index is 0.0945. The number of aryl methyl sites for hydroxylation is 1. The van der Waals surface area contributed by atoms with Crippen LogP contribution >= 0.6 is 11.6 Å². The van der Waals surface area contributed by atoms with E-state index < -0.39 is 10.0 Å². The fraction of sp³-hybridized carbons (Fsp3) is 0.143. The van der Waals surface area contributed by atoms with Gasteiger partial charge in [-0.2, -0.15) is 0 Å². The van der Waals surface area contributed by atoms with Gasteiger partial charge in [-0.25, -0.2) is 13.1 Å². The lowest BCUT2D eigenvalue weighted by Crippen LogP contribution is -2.24. The molecule has 0 saturated heterocycles. The van der Waals surface area contributed by atoms with E-state index in [0.29, 0.717) is 5.02 Å².